The van der Waals surface area contributed by atoms with Crippen LogP contribution < -0.4 is 4.72 Å². The minimum absolute atomic E-state index is 0.00537. The predicted molar refractivity (Wildman–Crippen MR) is 105 cm³/mol. The maximum Gasteiger partial charge on any atom is 0.240 e. The van der Waals surface area contributed by atoms with Gasteiger partial charge in [-0.2, -0.15) is 0 Å². The van der Waals surface area contributed by atoms with Crippen LogP contribution in [0.5, 0.6) is 0 Å². The smallest absolute Gasteiger partial charge is 0.240 e. The van der Waals surface area contributed by atoms with Crippen LogP contribution in [0.15, 0.2) is 65.6 Å². The van der Waals surface area contributed by atoms with Crippen molar-refractivity contribution in [3.8, 4) is 0 Å². The highest BCUT2D eigenvalue weighted by atomic mass is 32.2. The Bertz CT molecular complexity index is 847. The van der Waals surface area contributed by atoms with Crippen molar-refractivity contribution in [1.29, 1.82) is 0 Å². The molecule has 1 aliphatic heterocycles. The molecule has 1 fully saturated rings. The minimum atomic E-state index is -3.69. The summed E-state index contributed by atoms with van der Waals surface area (Å²) in [5, 5.41) is 20.1. The first-order valence-electron chi connectivity index (χ1n) is 9.15. The van der Waals surface area contributed by atoms with E-state index in [1.54, 1.807) is 18.2 Å². The molecule has 0 amide bonds. The minimum Gasteiger partial charge on any atom is -0.394 e. The summed E-state index contributed by atoms with van der Waals surface area (Å²) in [7, 11) is -1.84. The fourth-order valence-corrected chi connectivity index (χ4v) is 4.61. The maximum absolute atomic E-state index is 12.5. The summed E-state index contributed by atoms with van der Waals surface area (Å²) in [6, 6.07) is 17.4. The van der Waals surface area contributed by atoms with Gasteiger partial charge in [0, 0.05) is 13.1 Å². The number of hydrogen-bond acceptors (Lipinski definition) is 6. The molecule has 28 heavy (non-hydrogen) atoms. The maximum atomic E-state index is 12.5. The molecule has 0 unspecified atom stereocenters. The molecule has 2 aromatic carbocycles. The second-order valence-electron chi connectivity index (χ2n) is 6.94. The number of hydrogen-bond donors (Lipinski definition) is 3. The highest BCUT2D eigenvalue weighted by Crippen LogP contribution is 2.26. The second-order valence-corrected chi connectivity index (χ2v) is 8.71. The van der Waals surface area contributed by atoms with Crippen molar-refractivity contribution < 1.29 is 23.4 Å². The van der Waals surface area contributed by atoms with Crippen LogP contribution >= 0.6 is 0 Å². The van der Waals surface area contributed by atoms with Gasteiger partial charge in [0.1, 0.15) is 12.2 Å². The molecule has 0 radical (unpaired) electrons. The normalized spacial score (nSPS) is 25.3. The van der Waals surface area contributed by atoms with Gasteiger partial charge < -0.3 is 14.9 Å². The van der Waals surface area contributed by atoms with E-state index in [1.165, 1.54) is 12.1 Å². The number of aliphatic hydroxyl groups is 2. The molecule has 2 aromatic rings. The van der Waals surface area contributed by atoms with Gasteiger partial charge in [-0.15, -0.1) is 0 Å². The molecule has 0 bridgehead atoms. The third-order valence-corrected chi connectivity index (χ3v) is 6.39. The third kappa shape index (κ3) is 4.78. The standard InChI is InChI=1S/C20H26N2O5S/c1-22(13-15-8-4-2-5-9-15)19-17(27-18(14-23)20(19)24)12-21-28(25,26)16-10-6-3-7-11-16/h2-11,17-21,23-24H,12-14H2,1H3/t17-,18+,19+,20-/m1/s1. The SMILES string of the molecule is CN(Cc1ccccc1)[C@@H]1[C@H](O)[C@H](CO)O[C@@H]1CNS(=O)(=O)c1ccccc1. The average molecular weight is 407 g/mol. The van der Waals surface area contributed by atoms with Crippen molar-refractivity contribution in [3.05, 3.63) is 66.2 Å². The number of sulfonamides is 1. The number of nitrogens with one attached hydrogen (secondary N) is 1. The van der Waals surface area contributed by atoms with Crippen molar-refractivity contribution in [2.75, 3.05) is 20.2 Å². The molecule has 3 N–H and O–H groups in total. The van der Waals surface area contributed by atoms with Gasteiger partial charge in [-0.3, -0.25) is 4.90 Å². The van der Waals surface area contributed by atoms with E-state index in [-0.39, 0.29) is 18.0 Å². The summed E-state index contributed by atoms with van der Waals surface area (Å²) in [4.78, 5) is 2.10. The molecule has 1 saturated heterocycles. The molecule has 3 rings (SSSR count). The largest absolute Gasteiger partial charge is 0.394 e. The Morgan fingerprint density at radius 1 is 1.04 bits per heavy atom. The van der Waals surface area contributed by atoms with Crippen LogP contribution in [0.1, 0.15) is 5.56 Å². The number of nitrogens with zero attached hydrogens (tertiary/aromatic N) is 1. The molecule has 0 spiro atoms. The van der Waals surface area contributed by atoms with Crippen LogP contribution in [-0.2, 0) is 21.3 Å². The average Bonchev–Trinajstić information content (AvgIpc) is 3.03. The van der Waals surface area contributed by atoms with Crippen LogP contribution in [0.3, 0.4) is 0 Å². The Balaban J connectivity index is 1.72. The molecular formula is C20H26N2O5S. The van der Waals surface area contributed by atoms with E-state index in [0.717, 1.165) is 5.56 Å². The number of benzene rings is 2. The summed E-state index contributed by atoms with van der Waals surface area (Å²) in [6.07, 6.45) is -2.28. The molecule has 7 nitrogen and oxygen atoms in total. The Morgan fingerprint density at radius 3 is 2.25 bits per heavy atom. The van der Waals surface area contributed by atoms with Gasteiger partial charge in [-0.1, -0.05) is 48.5 Å². The van der Waals surface area contributed by atoms with Crippen LogP contribution in [0.2, 0.25) is 0 Å². The van der Waals surface area contributed by atoms with Crippen LogP contribution in [0.4, 0.5) is 0 Å². The van der Waals surface area contributed by atoms with Crippen LogP contribution in [0, 0.1) is 0 Å². The van der Waals surface area contributed by atoms with Crippen LogP contribution in [0.25, 0.3) is 0 Å². The van der Waals surface area contributed by atoms with E-state index >= 15 is 0 Å². The predicted octanol–water partition coefficient (Wildman–Crippen LogP) is 0.586. The van der Waals surface area contributed by atoms with Gasteiger partial charge in [0.2, 0.25) is 10.0 Å². The van der Waals surface area contributed by atoms with Gasteiger partial charge in [0.25, 0.3) is 0 Å². The third-order valence-electron chi connectivity index (χ3n) is 4.95. The van der Waals surface area contributed by atoms with E-state index in [9.17, 15) is 18.6 Å². The zero-order valence-electron chi connectivity index (χ0n) is 15.7. The summed E-state index contributed by atoms with van der Waals surface area (Å²) in [6.45, 7) is 0.222. The monoisotopic (exact) mass is 406 g/mol. The summed E-state index contributed by atoms with van der Waals surface area (Å²) in [5.41, 5.74) is 1.06. The van der Waals surface area contributed by atoms with Crippen LogP contribution in [-0.4, -0.2) is 68.1 Å². The van der Waals surface area contributed by atoms with E-state index < -0.39 is 34.4 Å². The zero-order chi connectivity index (χ0) is 20.1. The number of aliphatic hydroxyl groups excluding tert-OH is 2. The highest BCUT2D eigenvalue weighted by Gasteiger charge is 2.45. The summed E-state index contributed by atoms with van der Waals surface area (Å²) >= 11 is 0. The highest BCUT2D eigenvalue weighted by molar-refractivity contribution is 7.89. The first-order chi connectivity index (χ1) is 13.4. The topological polar surface area (TPSA) is 99.1 Å². The van der Waals surface area contributed by atoms with Gasteiger partial charge in [0.15, 0.2) is 0 Å². The molecule has 152 valence electrons. The van der Waals surface area contributed by atoms with Gasteiger partial charge in [0.05, 0.1) is 23.6 Å². The fourth-order valence-electron chi connectivity index (χ4n) is 3.54. The van der Waals surface area contributed by atoms with Crippen molar-refractivity contribution in [2.45, 2.75) is 35.8 Å². The lowest BCUT2D eigenvalue weighted by Gasteiger charge is -2.30. The van der Waals surface area contributed by atoms with E-state index in [0.29, 0.717) is 6.54 Å². The number of rotatable bonds is 8. The lowest BCUT2D eigenvalue weighted by molar-refractivity contribution is -0.0201. The van der Waals surface area contributed by atoms with E-state index in [2.05, 4.69) is 4.72 Å². The molecule has 0 aliphatic carbocycles. The lowest BCUT2D eigenvalue weighted by atomic mass is 10.0. The van der Waals surface area contributed by atoms with Crippen molar-refractivity contribution >= 4 is 10.0 Å². The first kappa shape index (κ1) is 20.9. The van der Waals surface area contributed by atoms with Gasteiger partial charge in [-0.05, 0) is 24.7 Å². The second kappa shape index (κ2) is 9.13. The Labute approximate surface area is 165 Å². The Kier molecular flexibility index (Phi) is 6.82. The summed E-state index contributed by atoms with van der Waals surface area (Å²) < 4.78 is 33.3. The summed E-state index contributed by atoms with van der Waals surface area (Å²) in [5.74, 6) is 0. The molecule has 1 aliphatic rings. The fraction of sp³-hybridized carbons (Fsp3) is 0.400. The van der Waals surface area contributed by atoms with Crippen molar-refractivity contribution in [2.24, 2.45) is 0 Å². The number of likely N-dealkylation sites (N-methyl/N-ethyl adjacent to an activating group) is 1. The molecule has 0 aromatic heterocycles. The van der Waals surface area contributed by atoms with Crippen molar-refractivity contribution in [3.63, 3.8) is 0 Å². The molecule has 0 saturated carbocycles. The van der Waals surface area contributed by atoms with Gasteiger partial charge in [-0.25, -0.2) is 13.1 Å². The molecular weight excluding hydrogens is 380 g/mol. The molecule has 4 atom stereocenters. The Hall–Kier alpha value is -1.81. The lowest BCUT2D eigenvalue weighted by Crippen LogP contribution is -2.49. The van der Waals surface area contributed by atoms with Crippen molar-refractivity contribution in [1.82, 2.24) is 9.62 Å². The first-order valence-corrected chi connectivity index (χ1v) is 10.6. The van der Waals surface area contributed by atoms with E-state index in [4.69, 9.17) is 4.74 Å². The quantitative estimate of drug-likeness (QED) is 0.593. The van der Waals surface area contributed by atoms with E-state index in [1.807, 2.05) is 42.3 Å². The van der Waals surface area contributed by atoms with Gasteiger partial charge >= 0.3 is 0 Å². The zero-order valence-corrected chi connectivity index (χ0v) is 16.5. The number of ether oxygens (including phenoxy) is 1. The Morgan fingerprint density at radius 2 is 1.64 bits per heavy atom. The molecule has 8 heteroatoms. The molecule has 1 heterocycles.